The van der Waals surface area contributed by atoms with E-state index in [1.807, 2.05) is 30.3 Å². The van der Waals surface area contributed by atoms with Crippen LogP contribution >= 0.6 is 11.6 Å². The lowest BCUT2D eigenvalue weighted by Gasteiger charge is -2.34. The average molecular weight is 546 g/mol. The van der Waals surface area contributed by atoms with Gasteiger partial charge in [0.25, 0.3) is 5.91 Å². The molecule has 1 aliphatic heterocycles. The number of carbonyl (C=O) groups excluding carboxylic acids is 1. The van der Waals surface area contributed by atoms with Gasteiger partial charge in [0.05, 0.1) is 18.7 Å². The number of aromatic nitrogens is 2. The fraction of sp³-hybridized carbons (Fsp3) is 0.258. The predicted octanol–water partition coefficient (Wildman–Crippen LogP) is 5.19. The minimum absolute atomic E-state index is 0.168. The molecule has 0 bridgehead atoms. The first-order valence-corrected chi connectivity index (χ1v) is 13.3. The van der Waals surface area contributed by atoms with E-state index in [0.717, 1.165) is 11.1 Å². The summed E-state index contributed by atoms with van der Waals surface area (Å²) in [4.78, 5) is 28.4. The van der Waals surface area contributed by atoms with Gasteiger partial charge >= 0.3 is 0 Å². The van der Waals surface area contributed by atoms with Gasteiger partial charge in [0.2, 0.25) is 5.43 Å². The summed E-state index contributed by atoms with van der Waals surface area (Å²) in [7, 11) is 0. The summed E-state index contributed by atoms with van der Waals surface area (Å²) in [5, 5.41) is 16.7. The van der Waals surface area contributed by atoms with Crippen LogP contribution in [-0.2, 0) is 6.54 Å². The van der Waals surface area contributed by atoms with E-state index in [0.29, 0.717) is 42.1 Å². The van der Waals surface area contributed by atoms with E-state index in [1.54, 1.807) is 59.1 Å². The number of likely N-dealkylation sites (tertiary alicyclic amines) is 1. The highest BCUT2D eigenvalue weighted by molar-refractivity contribution is 6.30. The number of aryl methyl sites for hydroxylation is 1. The first kappa shape index (κ1) is 26.8. The van der Waals surface area contributed by atoms with Crippen LogP contribution in [0.3, 0.4) is 0 Å². The van der Waals surface area contributed by atoms with Crippen LogP contribution in [0.4, 0.5) is 4.39 Å². The van der Waals surface area contributed by atoms with Crippen molar-refractivity contribution in [2.75, 3.05) is 6.54 Å². The fourth-order valence-electron chi connectivity index (χ4n) is 5.38. The van der Waals surface area contributed by atoms with Gasteiger partial charge in [-0.15, -0.1) is 0 Å². The number of aliphatic hydroxyl groups is 1. The molecule has 1 aromatic heterocycles. The summed E-state index contributed by atoms with van der Waals surface area (Å²) in [6.07, 6.45) is 1.78. The number of halogens is 2. The normalized spacial score (nSPS) is 16.7. The molecule has 200 valence electrons. The second-order valence-electron chi connectivity index (χ2n) is 9.96. The molecule has 39 heavy (non-hydrogen) atoms. The Kier molecular flexibility index (Phi) is 7.91. The molecule has 1 N–H and O–H groups in total. The second kappa shape index (κ2) is 11.5. The first-order valence-electron chi connectivity index (χ1n) is 12.9. The lowest BCUT2D eigenvalue weighted by atomic mass is 9.82. The predicted molar refractivity (Wildman–Crippen MR) is 149 cm³/mol. The van der Waals surface area contributed by atoms with Crippen molar-refractivity contribution >= 4 is 17.5 Å². The lowest BCUT2D eigenvalue weighted by molar-refractivity contribution is 0.0430. The highest BCUT2D eigenvalue weighted by atomic mass is 35.5. The Bertz CT molecular complexity index is 1520. The van der Waals surface area contributed by atoms with E-state index in [-0.39, 0.29) is 5.69 Å². The molecule has 1 saturated heterocycles. The van der Waals surface area contributed by atoms with Crippen LogP contribution in [-0.4, -0.2) is 44.4 Å². The maximum absolute atomic E-state index is 14.2. The fourth-order valence-corrected chi connectivity index (χ4v) is 5.50. The van der Waals surface area contributed by atoms with Crippen molar-refractivity contribution in [2.24, 2.45) is 0 Å². The van der Waals surface area contributed by atoms with E-state index >= 15 is 0 Å². The number of rotatable bonds is 7. The monoisotopic (exact) mass is 545 g/mol. The van der Waals surface area contributed by atoms with Crippen molar-refractivity contribution in [1.29, 1.82) is 0 Å². The number of hydrogen-bond acceptors (Lipinski definition) is 4. The lowest BCUT2D eigenvalue weighted by Crippen LogP contribution is -2.47. The highest BCUT2D eigenvalue weighted by Gasteiger charge is 2.40. The Morgan fingerprint density at radius 1 is 1.08 bits per heavy atom. The zero-order valence-electron chi connectivity index (χ0n) is 21.5. The molecule has 3 atom stereocenters. The maximum atomic E-state index is 14.2. The molecule has 0 saturated carbocycles. The third kappa shape index (κ3) is 5.79. The number of carbonyl (C=O) groups is 1. The molecule has 3 aromatic carbocycles. The van der Waals surface area contributed by atoms with Gasteiger partial charge in [-0.05, 0) is 60.7 Å². The maximum Gasteiger partial charge on any atom is 0.278 e. The smallest absolute Gasteiger partial charge is 0.278 e. The third-order valence-electron chi connectivity index (χ3n) is 7.27. The zero-order chi connectivity index (χ0) is 27.5. The van der Waals surface area contributed by atoms with E-state index in [1.165, 1.54) is 12.1 Å². The molecule has 2 heterocycles. The van der Waals surface area contributed by atoms with Crippen molar-refractivity contribution in [1.82, 2.24) is 14.7 Å². The molecule has 1 fully saturated rings. The zero-order valence-corrected chi connectivity index (χ0v) is 22.3. The van der Waals surface area contributed by atoms with Crippen LogP contribution in [0.2, 0.25) is 5.02 Å². The Hall–Kier alpha value is -3.81. The van der Waals surface area contributed by atoms with Gasteiger partial charge in [-0.2, -0.15) is 5.10 Å². The molecule has 1 amide bonds. The topological polar surface area (TPSA) is 75.4 Å². The Morgan fingerprint density at radius 3 is 2.54 bits per heavy atom. The Labute approximate surface area is 231 Å². The summed E-state index contributed by atoms with van der Waals surface area (Å²) in [5.41, 5.74) is 2.14. The van der Waals surface area contributed by atoms with Crippen LogP contribution < -0.4 is 5.43 Å². The number of nitrogens with zero attached hydrogens (tertiary/aromatic N) is 3. The van der Waals surface area contributed by atoms with Gasteiger partial charge < -0.3 is 10.0 Å². The molecule has 0 radical (unpaired) electrons. The number of hydrogen-bond donors (Lipinski definition) is 1. The van der Waals surface area contributed by atoms with Crippen LogP contribution in [0.5, 0.6) is 0 Å². The van der Waals surface area contributed by atoms with Crippen molar-refractivity contribution in [3.8, 4) is 0 Å². The van der Waals surface area contributed by atoms with Gasteiger partial charge in [0.15, 0.2) is 5.69 Å². The van der Waals surface area contributed by atoms with Crippen LogP contribution in [0.1, 0.15) is 51.5 Å². The first-order chi connectivity index (χ1) is 18.8. The Morgan fingerprint density at radius 2 is 1.82 bits per heavy atom. The highest BCUT2D eigenvalue weighted by Crippen LogP contribution is 2.35. The second-order valence-corrected chi connectivity index (χ2v) is 10.4. The quantitative estimate of drug-likeness (QED) is 0.347. The minimum Gasteiger partial charge on any atom is -0.390 e. The Balaban J connectivity index is 1.48. The van der Waals surface area contributed by atoms with Crippen molar-refractivity contribution in [3.05, 3.63) is 134 Å². The van der Waals surface area contributed by atoms with Crippen LogP contribution in [0.25, 0.3) is 0 Å². The van der Waals surface area contributed by atoms with Gasteiger partial charge in [-0.3, -0.25) is 14.3 Å². The van der Waals surface area contributed by atoms with Gasteiger partial charge in [-0.25, -0.2) is 4.39 Å². The number of benzene rings is 3. The summed E-state index contributed by atoms with van der Waals surface area (Å²) < 4.78 is 15.8. The van der Waals surface area contributed by atoms with E-state index in [4.69, 9.17) is 11.6 Å². The largest absolute Gasteiger partial charge is 0.390 e. The minimum atomic E-state index is -1.06. The van der Waals surface area contributed by atoms with Gasteiger partial charge in [0.1, 0.15) is 5.82 Å². The van der Waals surface area contributed by atoms with Gasteiger partial charge in [-0.1, -0.05) is 66.2 Å². The van der Waals surface area contributed by atoms with E-state index < -0.39 is 35.2 Å². The molecule has 6 nitrogen and oxygen atoms in total. The number of amides is 1. The summed E-state index contributed by atoms with van der Waals surface area (Å²) in [6.45, 7) is 2.45. The SMILES string of the molecule is Cc1cn(Cc2ccccc2)nc(C(=O)N2CCC[C@@H]2[C@H](O)[C@@H](c2ccc(Cl)cc2)c2cccc(F)c2)c1=O. The van der Waals surface area contributed by atoms with Crippen LogP contribution in [0, 0.1) is 12.7 Å². The van der Waals surface area contributed by atoms with Crippen molar-refractivity contribution in [3.63, 3.8) is 0 Å². The summed E-state index contributed by atoms with van der Waals surface area (Å²) in [6, 6.07) is 22.2. The molecule has 5 rings (SSSR count). The molecule has 0 spiro atoms. The average Bonchev–Trinajstić information content (AvgIpc) is 3.42. The molecule has 8 heteroatoms. The van der Waals surface area contributed by atoms with E-state index in [2.05, 4.69) is 5.10 Å². The molecular weight excluding hydrogens is 517 g/mol. The van der Waals surface area contributed by atoms with E-state index in [9.17, 15) is 19.1 Å². The summed E-state index contributed by atoms with van der Waals surface area (Å²) in [5.74, 6) is -1.54. The molecule has 0 unspecified atom stereocenters. The van der Waals surface area contributed by atoms with Crippen molar-refractivity contribution in [2.45, 2.75) is 44.4 Å². The number of aliphatic hydroxyl groups excluding tert-OH is 1. The molecule has 0 aliphatic carbocycles. The molecular formula is C31H29ClFN3O3. The third-order valence-corrected chi connectivity index (χ3v) is 7.52. The summed E-state index contributed by atoms with van der Waals surface area (Å²) >= 11 is 6.10. The van der Waals surface area contributed by atoms with Gasteiger partial charge in [0, 0.05) is 29.2 Å². The molecule has 1 aliphatic rings. The standard InChI is InChI=1S/C31H29ClFN3O3/c1-20-18-35(19-21-7-3-2-4-8-21)34-28(29(20)37)31(39)36-16-6-11-26(36)30(38)27(22-12-14-24(32)15-13-22)23-9-5-10-25(33)17-23/h2-5,7-10,12-15,17-18,26-27,30,38H,6,11,16,19H2,1H3/t26-,27+,30+/m1/s1. The van der Waals surface area contributed by atoms with Crippen LogP contribution in [0.15, 0.2) is 89.9 Å². The molecule has 4 aromatic rings. The van der Waals surface area contributed by atoms with Crippen molar-refractivity contribution < 1.29 is 14.3 Å².